The van der Waals surface area contributed by atoms with Gasteiger partial charge in [0.15, 0.2) is 11.0 Å². The molecule has 23 heavy (non-hydrogen) atoms. The highest BCUT2D eigenvalue weighted by Crippen LogP contribution is 2.22. The Morgan fingerprint density at radius 3 is 2.52 bits per heavy atom. The van der Waals surface area contributed by atoms with E-state index in [9.17, 15) is 9.18 Å². The first kappa shape index (κ1) is 17.5. The summed E-state index contributed by atoms with van der Waals surface area (Å²) in [4.78, 5) is 11.9. The number of aromatic nitrogens is 3. The molecule has 1 aromatic carbocycles. The van der Waals surface area contributed by atoms with E-state index in [1.165, 1.54) is 23.9 Å². The molecule has 5 nitrogen and oxygen atoms in total. The van der Waals surface area contributed by atoms with E-state index in [1.807, 2.05) is 14.0 Å². The third-order valence-electron chi connectivity index (χ3n) is 3.66. The number of hydrogen-bond donors (Lipinski definition) is 1. The van der Waals surface area contributed by atoms with E-state index in [0.29, 0.717) is 16.9 Å². The first-order chi connectivity index (χ1) is 10.9. The normalized spacial score (nSPS) is 12.4. The van der Waals surface area contributed by atoms with Crippen LogP contribution in [0.3, 0.4) is 0 Å². The van der Waals surface area contributed by atoms with Crippen molar-refractivity contribution in [2.75, 3.05) is 5.75 Å². The Labute approximate surface area is 139 Å². The first-order valence-corrected chi connectivity index (χ1v) is 8.44. The average molecular weight is 336 g/mol. The number of hydrogen-bond acceptors (Lipinski definition) is 4. The van der Waals surface area contributed by atoms with Crippen molar-refractivity contribution in [3.8, 4) is 11.4 Å². The zero-order chi connectivity index (χ0) is 17.0. The summed E-state index contributed by atoms with van der Waals surface area (Å²) in [5.74, 6) is 1.00. The summed E-state index contributed by atoms with van der Waals surface area (Å²) in [6.45, 7) is 6.12. The predicted molar refractivity (Wildman–Crippen MR) is 89.6 cm³/mol. The molecule has 0 saturated carbocycles. The van der Waals surface area contributed by atoms with Gasteiger partial charge >= 0.3 is 0 Å². The molecule has 0 aliphatic rings. The van der Waals surface area contributed by atoms with Crippen molar-refractivity contribution in [2.45, 2.75) is 32.0 Å². The Hall–Kier alpha value is -1.89. The minimum absolute atomic E-state index is 0.0254. The molecule has 0 spiro atoms. The molecule has 2 rings (SSSR count). The fourth-order valence-electron chi connectivity index (χ4n) is 1.88. The van der Waals surface area contributed by atoms with Crippen molar-refractivity contribution in [3.05, 3.63) is 30.1 Å². The maximum absolute atomic E-state index is 13.0. The van der Waals surface area contributed by atoms with Crippen LogP contribution in [0.4, 0.5) is 4.39 Å². The summed E-state index contributed by atoms with van der Waals surface area (Å²) < 4.78 is 14.8. The van der Waals surface area contributed by atoms with E-state index in [2.05, 4.69) is 29.4 Å². The third kappa shape index (κ3) is 4.54. The van der Waals surface area contributed by atoms with Crippen LogP contribution in [0.5, 0.6) is 0 Å². The van der Waals surface area contributed by atoms with E-state index in [-0.39, 0.29) is 23.5 Å². The Balaban J connectivity index is 2.00. The van der Waals surface area contributed by atoms with Gasteiger partial charge in [0.1, 0.15) is 5.82 Å². The van der Waals surface area contributed by atoms with E-state index < -0.39 is 0 Å². The first-order valence-electron chi connectivity index (χ1n) is 7.46. The lowest BCUT2D eigenvalue weighted by atomic mass is 10.1. The van der Waals surface area contributed by atoms with Crippen LogP contribution in [-0.2, 0) is 11.8 Å². The molecule has 0 radical (unpaired) electrons. The van der Waals surface area contributed by atoms with Crippen molar-refractivity contribution in [2.24, 2.45) is 13.0 Å². The highest BCUT2D eigenvalue weighted by molar-refractivity contribution is 7.99. The molecular weight excluding hydrogens is 315 g/mol. The van der Waals surface area contributed by atoms with Gasteiger partial charge in [0.05, 0.1) is 5.75 Å². The van der Waals surface area contributed by atoms with Crippen molar-refractivity contribution < 1.29 is 9.18 Å². The lowest BCUT2D eigenvalue weighted by Crippen LogP contribution is -2.37. The molecule has 1 unspecified atom stereocenters. The minimum Gasteiger partial charge on any atom is -0.353 e. The number of halogens is 1. The summed E-state index contributed by atoms with van der Waals surface area (Å²) >= 11 is 1.33. The van der Waals surface area contributed by atoms with E-state index in [4.69, 9.17) is 0 Å². The molecule has 1 N–H and O–H groups in total. The van der Waals surface area contributed by atoms with Gasteiger partial charge in [-0.1, -0.05) is 25.6 Å². The summed E-state index contributed by atoms with van der Waals surface area (Å²) in [5, 5.41) is 11.8. The van der Waals surface area contributed by atoms with Crippen molar-refractivity contribution in [1.29, 1.82) is 0 Å². The van der Waals surface area contributed by atoms with Gasteiger partial charge in [0.2, 0.25) is 5.91 Å². The highest BCUT2D eigenvalue weighted by Gasteiger charge is 2.15. The van der Waals surface area contributed by atoms with Crippen LogP contribution in [-0.4, -0.2) is 32.5 Å². The number of carbonyl (C=O) groups is 1. The summed E-state index contributed by atoms with van der Waals surface area (Å²) in [5.41, 5.74) is 0.783. The fraction of sp³-hybridized carbons (Fsp3) is 0.438. The van der Waals surface area contributed by atoms with Crippen molar-refractivity contribution in [1.82, 2.24) is 20.1 Å². The standard InChI is InChI=1S/C16H21FN4OS/c1-10(2)11(3)18-14(22)9-23-16-20-19-15(21(16)4)12-5-7-13(17)8-6-12/h5-8,10-11H,9H2,1-4H3,(H,18,22). The number of nitrogens with zero attached hydrogens (tertiary/aromatic N) is 3. The summed E-state index contributed by atoms with van der Waals surface area (Å²) in [7, 11) is 1.83. The zero-order valence-electron chi connectivity index (χ0n) is 13.7. The number of nitrogens with one attached hydrogen (secondary N) is 1. The summed E-state index contributed by atoms with van der Waals surface area (Å²) in [6.07, 6.45) is 0. The zero-order valence-corrected chi connectivity index (χ0v) is 14.5. The second-order valence-corrected chi connectivity index (χ2v) is 6.70. The quantitative estimate of drug-likeness (QED) is 0.824. The molecule has 1 aromatic heterocycles. The van der Waals surface area contributed by atoms with Crippen molar-refractivity contribution in [3.63, 3.8) is 0 Å². The molecule has 0 aliphatic heterocycles. The lowest BCUT2D eigenvalue weighted by molar-refractivity contribution is -0.119. The third-order valence-corrected chi connectivity index (χ3v) is 4.68. The average Bonchev–Trinajstić information content (AvgIpc) is 2.87. The number of thioether (sulfide) groups is 1. The molecule has 124 valence electrons. The van der Waals surface area contributed by atoms with E-state index in [0.717, 1.165) is 5.56 Å². The van der Waals surface area contributed by atoms with Gasteiger partial charge in [0, 0.05) is 18.7 Å². The fourth-order valence-corrected chi connectivity index (χ4v) is 2.61. The molecule has 7 heteroatoms. The van der Waals surface area contributed by atoms with Crippen molar-refractivity contribution >= 4 is 17.7 Å². The number of rotatable bonds is 6. The highest BCUT2D eigenvalue weighted by atomic mass is 32.2. The lowest BCUT2D eigenvalue weighted by Gasteiger charge is -2.17. The monoisotopic (exact) mass is 336 g/mol. The molecular formula is C16H21FN4OS. The maximum Gasteiger partial charge on any atom is 0.230 e. The Morgan fingerprint density at radius 2 is 1.91 bits per heavy atom. The maximum atomic E-state index is 13.0. The van der Waals surface area contributed by atoms with E-state index >= 15 is 0 Å². The van der Waals surface area contributed by atoms with Gasteiger partial charge in [-0.3, -0.25) is 4.79 Å². The number of carbonyl (C=O) groups excluding carboxylic acids is 1. The number of amides is 1. The van der Waals surface area contributed by atoms with Crippen LogP contribution in [0.1, 0.15) is 20.8 Å². The minimum atomic E-state index is -0.290. The van der Waals surface area contributed by atoms with Crippen LogP contribution in [0.2, 0.25) is 0 Å². The number of benzene rings is 1. The Kier molecular flexibility index (Phi) is 5.76. The Bertz CT molecular complexity index is 669. The van der Waals surface area contributed by atoms with Gasteiger partial charge in [0.25, 0.3) is 0 Å². The SMILES string of the molecule is CC(C)C(C)NC(=O)CSc1nnc(-c2ccc(F)cc2)n1C. The second-order valence-electron chi connectivity index (χ2n) is 5.76. The molecule has 1 heterocycles. The largest absolute Gasteiger partial charge is 0.353 e. The smallest absolute Gasteiger partial charge is 0.230 e. The van der Waals surface area contributed by atoms with Gasteiger partial charge in [-0.15, -0.1) is 10.2 Å². The van der Waals surface area contributed by atoms with Crippen LogP contribution in [0.25, 0.3) is 11.4 Å². The van der Waals surface area contributed by atoms with Gasteiger partial charge in [-0.25, -0.2) is 4.39 Å². The van der Waals surface area contributed by atoms with Gasteiger partial charge in [-0.2, -0.15) is 0 Å². The molecule has 1 amide bonds. The topological polar surface area (TPSA) is 59.8 Å². The Morgan fingerprint density at radius 1 is 1.26 bits per heavy atom. The van der Waals surface area contributed by atoms with Crippen LogP contribution in [0.15, 0.2) is 29.4 Å². The van der Waals surface area contributed by atoms with Gasteiger partial charge < -0.3 is 9.88 Å². The van der Waals surface area contributed by atoms with Crippen LogP contribution >= 0.6 is 11.8 Å². The van der Waals surface area contributed by atoms with E-state index in [1.54, 1.807) is 16.7 Å². The molecule has 0 aliphatic carbocycles. The second kappa shape index (κ2) is 7.59. The molecule has 1 atom stereocenters. The predicted octanol–water partition coefficient (Wildman–Crippen LogP) is 2.87. The van der Waals surface area contributed by atoms with Gasteiger partial charge in [-0.05, 0) is 37.1 Å². The summed E-state index contributed by atoms with van der Waals surface area (Å²) in [6, 6.07) is 6.22. The molecule has 0 fully saturated rings. The molecule has 0 bridgehead atoms. The van der Waals surface area contributed by atoms with Crippen LogP contribution < -0.4 is 5.32 Å². The molecule has 2 aromatic rings. The van der Waals surface area contributed by atoms with Crippen LogP contribution in [0, 0.1) is 11.7 Å². The molecule has 0 saturated heterocycles.